The maximum absolute atomic E-state index is 12.2. The Kier molecular flexibility index (Phi) is 5.75. The molecular formula is C16H22N2O3. The third kappa shape index (κ3) is 4.56. The van der Waals surface area contributed by atoms with E-state index in [-0.39, 0.29) is 18.6 Å². The third-order valence-corrected chi connectivity index (χ3v) is 3.92. The first-order chi connectivity index (χ1) is 10.2. The van der Waals surface area contributed by atoms with Crippen LogP contribution in [0.1, 0.15) is 41.6 Å². The Bertz CT molecular complexity index is 477. The molecule has 0 aliphatic heterocycles. The molecule has 0 saturated heterocycles. The quantitative estimate of drug-likeness (QED) is 0.643. The maximum atomic E-state index is 12.2. The molecule has 1 amide bonds. The van der Waals surface area contributed by atoms with Gasteiger partial charge in [0, 0.05) is 18.2 Å². The second-order valence-corrected chi connectivity index (χ2v) is 5.41. The third-order valence-electron chi connectivity index (χ3n) is 3.92. The first-order valence-corrected chi connectivity index (χ1v) is 7.31. The number of nitrogens with one attached hydrogen (secondary N) is 1. The molecule has 1 aliphatic rings. The molecule has 1 aliphatic carbocycles. The van der Waals surface area contributed by atoms with Crippen LogP contribution in [-0.4, -0.2) is 37.0 Å². The van der Waals surface area contributed by atoms with Crippen LogP contribution >= 0.6 is 0 Å². The van der Waals surface area contributed by atoms with Gasteiger partial charge in [-0.1, -0.05) is 17.3 Å². The Hall–Kier alpha value is -1.88. The normalized spacial score (nSPS) is 22.2. The molecule has 1 aromatic rings. The molecule has 0 heterocycles. The van der Waals surface area contributed by atoms with Crippen molar-refractivity contribution < 1.29 is 14.7 Å². The van der Waals surface area contributed by atoms with Crippen LogP contribution in [-0.2, 0) is 4.84 Å². The number of carbonyl (C=O) groups excluding carboxylic acids is 1. The van der Waals surface area contributed by atoms with Gasteiger partial charge in [-0.2, -0.15) is 0 Å². The van der Waals surface area contributed by atoms with E-state index in [1.165, 1.54) is 7.11 Å². The average Bonchev–Trinajstić information content (AvgIpc) is 2.54. The van der Waals surface area contributed by atoms with Gasteiger partial charge in [-0.3, -0.25) is 4.79 Å². The van der Waals surface area contributed by atoms with E-state index in [1.807, 2.05) is 12.1 Å². The number of nitrogens with zero attached hydrogens (tertiary/aromatic N) is 1. The van der Waals surface area contributed by atoms with Crippen molar-refractivity contribution in [3.8, 4) is 0 Å². The van der Waals surface area contributed by atoms with Crippen molar-refractivity contribution in [3.63, 3.8) is 0 Å². The molecule has 114 valence electrons. The van der Waals surface area contributed by atoms with E-state index in [1.54, 1.807) is 18.3 Å². The summed E-state index contributed by atoms with van der Waals surface area (Å²) in [6, 6.07) is 7.45. The van der Waals surface area contributed by atoms with Crippen LogP contribution in [0.5, 0.6) is 0 Å². The number of hydrogen-bond acceptors (Lipinski definition) is 4. The molecule has 0 unspecified atom stereocenters. The average molecular weight is 290 g/mol. The second kappa shape index (κ2) is 7.78. The summed E-state index contributed by atoms with van der Waals surface area (Å²) in [5.74, 6) is 0.357. The number of amides is 1. The zero-order valence-corrected chi connectivity index (χ0v) is 12.3. The number of carbonyl (C=O) groups is 1. The van der Waals surface area contributed by atoms with Crippen molar-refractivity contribution in [2.24, 2.45) is 11.1 Å². The van der Waals surface area contributed by atoms with E-state index in [0.717, 1.165) is 31.2 Å². The zero-order chi connectivity index (χ0) is 15.1. The molecule has 0 radical (unpaired) electrons. The smallest absolute Gasteiger partial charge is 0.251 e. The lowest BCUT2D eigenvalue weighted by Gasteiger charge is -2.27. The summed E-state index contributed by atoms with van der Waals surface area (Å²) in [4.78, 5) is 16.8. The molecule has 0 atom stereocenters. The van der Waals surface area contributed by atoms with Gasteiger partial charge in [-0.15, -0.1) is 0 Å². The first kappa shape index (κ1) is 15.5. The predicted molar refractivity (Wildman–Crippen MR) is 81.3 cm³/mol. The van der Waals surface area contributed by atoms with Gasteiger partial charge in [0.2, 0.25) is 0 Å². The van der Waals surface area contributed by atoms with Crippen molar-refractivity contribution in [1.29, 1.82) is 0 Å². The van der Waals surface area contributed by atoms with Gasteiger partial charge in [0.1, 0.15) is 7.11 Å². The van der Waals surface area contributed by atoms with Crippen LogP contribution in [0.15, 0.2) is 29.4 Å². The van der Waals surface area contributed by atoms with E-state index < -0.39 is 0 Å². The van der Waals surface area contributed by atoms with Crippen LogP contribution in [0.25, 0.3) is 0 Å². The topological polar surface area (TPSA) is 70.9 Å². The Morgan fingerprint density at radius 3 is 2.57 bits per heavy atom. The van der Waals surface area contributed by atoms with Gasteiger partial charge in [0.05, 0.1) is 6.21 Å². The van der Waals surface area contributed by atoms with E-state index in [0.29, 0.717) is 11.5 Å². The van der Waals surface area contributed by atoms with Crippen molar-refractivity contribution in [1.82, 2.24) is 5.32 Å². The van der Waals surface area contributed by atoms with Crippen molar-refractivity contribution >= 4 is 12.1 Å². The fraction of sp³-hybridized carbons (Fsp3) is 0.500. The van der Waals surface area contributed by atoms with Crippen LogP contribution in [0.2, 0.25) is 0 Å². The van der Waals surface area contributed by atoms with Crippen molar-refractivity contribution in [2.45, 2.75) is 31.7 Å². The Balaban J connectivity index is 1.87. The van der Waals surface area contributed by atoms with Gasteiger partial charge >= 0.3 is 0 Å². The first-order valence-electron chi connectivity index (χ1n) is 7.31. The highest BCUT2D eigenvalue weighted by atomic mass is 16.6. The lowest BCUT2D eigenvalue weighted by atomic mass is 9.86. The standard InChI is InChI=1S/C16H22N2O3/c1-21-17-10-12-2-6-14(7-3-12)16(20)18-15-8-4-13(11-19)5-9-15/h2-3,6-7,10,13,15,19H,4-5,8-9,11H2,1H3,(H,18,20)/b17-10+. The van der Waals surface area contributed by atoms with Gasteiger partial charge in [0.15, 0.2) is 0 Å². The van der Waals surface area contributed by atoms with Crippen LogP contribution < -0.4 is 5.32 Å². The minimum absolute atomic E-state index is 0.0438. The highest BCUT2D eigenvalue weighted by molar-refractivity contribution is 5.95. The van der Waals surface area contributed by atoms with Gasteiger partial charge in [-0.05, 0) is 49.3 Å². The summed E-state index contributed by atoms with van der Waals surface area (Å²) in [5.41, 5.74) is 1.53. The number of aliphatic hydroxyl groups is 1. The Morgan fingerprint density at radius 1 is 1.33 bits per heavy atom. The molecule has 0 spiro atoms. The number of oxime groups is 1. The molecular weight excluding hydrogens is 268 g/mol. The van der Waals surface area contributed by atoms with E-state index in [4.69, 9.17) is 5.11 Å². The summed E-state index contributed by atoms with van der Waals surface area (Å²) in [6.45, 7) is 0.255. The lowest BCUT2D eigenvalue weighted by molar-refractivity contribution is 0.0914. The maximum Gasteiger partial charge on any atom is 0.251 e. The largest absolute Gasteiger partial charge is 0.399 e. The molecule has 2 N–H and O–H groups in total. The number of aliphatic hydroxyl groups excluding tert-OH is 1. The molecule has 0 aromatic heterocycles. The fourth-order valence-corrected chi connectivity index (χ4v) is 2.59. The molecule has 1 aromatic carbocycles. The highest BCUT2D eigenvalue weighted by Gasteiger charge is 2.22. The van der Waals surface area contributed by atoms with Gasteiger partial charge in [0.25, 0.3) is 5.91 Å². The summed E-state index contributed by atoms with van der Waals surface area (Å²) in [6.07, 6.45) is 5.44. The molecule has 21 heavy (non-hydrogen) atoms. The van der Waals surface area contributed by atoms with E-state index in [9.17, 15) is 4.79 Å². The van der Waals surface area contributed by atoms with Crippen molar-refractivity contribution in [2.75, 3.05) is 13.7 Å². The van der Waals surface area contributed by atoms with Crippen molar-refractivity contribution in [3.05, 3.63) is 35.4 Å². The minimum atomic E-state index is -0.0438. The summed E-state index contributed by atoms with van der Waals surface area (Å²) >= 11 is 0. The number of hydrogen-bond donors (Lipinski definition) is 2. The van der Waals surface area contributed by atoms with Crippen LogP contribution in [0, 0.1) is 5.92 Å². The number of rotatable bonds is 5. The van der Waals surface area contributed by atoms with E-state index in [2.05, 4.69) is 15.3 Å². The zero-order valence-electron chi connectivity index (χ0n) is 12.3. The minimum Gasteiger partial charge on any atom is -0.399 e. The molecule has 5 heteroatoms. The SMILES string of the molecule is CO/N=C/c1ccc(C(=O)NC2CCC(CO)CC2)cc1. The predicted octanol–water partition coefficient (Wildman–Crippen LogP) is 1.95. The number of benzene rings is 1. The molecule has 2 rings (SSSR count). The second-order valence-electron chi connectivity index (χ2n) is 5.41. The Labute approximate surface area is 125 Å². The highest BCUT2D eigenvalue weighted by Crippen LogP contribution is 2.23. The summed E-state index contributed by atoms with van der Waals surface area (Å²) in [5, 5.41) is 15.9. The summed E-state index contributed by atoms with van der Waals surface area (Å²) in [7, 11) is 1.49. The molecule has 0 bridgehead atoms. The molecule has 5 nitrogen and oxygen atoms in total. The van der Waals surface area contributed by atoms with E-state index >= 15 is 0 Å². The fourth-order valence-electron chi connectivity index (χ4n) is 2.59. The van der Waals surface area contributed by atoms with Crippen LogP contribution in [0.4, 0.5) is 0 Å². The molecule has 1 fully saturated rings. The Morgan fingerprint density at radius 2 is 2.00 bits per heavy atom. The lowest BCUT2D eigenvalue weighted by Crippen LogP contribution is -2.38. The molecule has 1 saturated carbocycles. The van der Waals surface area contributed by atoms with Gasteiger partial charge in [-0.25, -0.2) is 0 Å². The summed E-state index contributed by atoms with van der Waals surface area (Å²) < 4.78 is 0. The monoisotopic (exact) mass is 290 g/mol. The van der Waals surface area contributed by atoms with Crippen LogP contribution in [0.3, 0.4) is 0 Å². The van der Waals surface area contributed by atoms with Gasteiger partial charge < -0.3 is 15.3 Å².